The normalized spacial score (nSPS) is 11.1. The Morgan fingerprint density at radius 3 is 2.71 bits per heavy atom. The van der Waals surface area contributed by atoms with Crippen molar-refractivity contribution in [3.05, 3.63) is 53.3 Å². The second-order valence-corrected chi connectivity index (χ2v) is 5.79. The van der Waals surface area contributed by atoms with Gasteiger partial charge in [0.1, 0.15) is 21.4 Å². The number of anilines is 1. The van der Waals surface area contributed by atoms with Gasteiger partial charge in [0.2, 0.25) is 0 Å². The van der Waals surface area contributed by atoms with Crippen molar-refractivity contribution in [2.45, 2.75) is 9.69 Å². The van der Waals surface area contributed by atoms with Gasteiger partial charge in [-0.3, -0.25) is 14.2 Å². The van der Waals surface area contributed by atoms with Gasteiger partial charge in [-0.2, -0.15) is 0 Å². The van der Waals surface area contributed by atoms with Crippen molar-refractivity contribution in [1.29, 1.82) is 0 Å². The molecule has 0 atom stereocenters. The number of nitrogens with one attached hydrogen (secondary N) is 1. The first kappa shape index (κ1) is 15.9. The van der Waals surface area contributed by atoms with Gasteiger partial charge in [0, 0.05) is 16.8 Å². The van der Waals surface area contributed by atoms with Crippen LogP contribution in [0.1, 0.15) is 10.5 Å². The van der Waals surface area contributed by atoms with Gasteiger partial charge in [0.15, 0.2) is 0 Å². The van der Waals surface area contributed by atoms with E-state index in [1.54, 1.807) is 24.3 Å². The number of halogens is 2. The van der Waals surface area contributed by atoms with Crippen molar-refractivity contribution >= 4 is 50.6 Å². The summed E-state index contributed by atoms with van der Waals surface area (Å²) in [6.07, 6.45) is 1.51. The lowest BCUT2D eigenvalue weighted by atomic mass is 9.83. The number of nitrogens with zero attached hydrogens (tertiary/aromatic N) is 1. The minimum Gasteiger partial charge on any atom is -0.321 e. The van der Waals surface area contributed by atoms with E-state index in [0.717, 1.165) is 0 Å². The number of rotatable bonds is 4. The predicted molar refractivity (Wildman–Crippen MR) is 84.8 cm³/mol. The maximum absolute atomic E-state index is 13.3. The zero-order chi connectivity index (χ0) is 15.5. The molecular weight excluding hydrogens is 308 g/mol. The summed E-state index contributed by atoms with van der Waals surface area (Å²) < 4.78 is 13.3. The third kappa shape index (κ3) is 4.79. The van der Waals surface area contributed by atoms with Crippen LogP contribution in [0.2, 0.25) is 5.02 Å². The molecule has 0 bridgehead atoms. The molecule has 2 rings (SSSR count). The molecular formula is C13H8B2ClFN2OS. The molecule has 21 heavy (non-hydrogen) atoms. The molecule has 0 saturated carbocycles. The van der Waals surface area contributed by atoms with Crippen molar-refractivity contribution < 1.29 is 9.18 Å². The van der Waals surface area contributed by atoms with Gasteiger partial charge in [-0.1, -0.05) is 17.7 Å². The smallest absolute Gasteiger partial charge is 0.274 e. The predicted octanol–water partition coefficient (Wildman–Crippen LogP) is 3.00. The van der Waals surface area contributed by atoms with E-state index in [2.05, 4.69) is 10.3 Å². The minimum absolute atomic E-state index is 0.263. The summed E-state index contributed by atoms with van der Waals surface area (Å²) >= 11 is 6.49. The van der Waals surface area contributed by atoms with Gasteiger partial charge >= 0.3 is 0 Å². The first-order chi connectivity index (χ1) is 9.85. The summed E-state index contributed by atoms with van der Waals surface area (Å²) in [5.74, 6) is -0.388. The van der Waals surface area contributed by atoms with E-state index in [-0.39, 0.29) is 16.6 Å². The highest BCUT2D eigenvalue weighted by Gasteiger charge is 2.18. The number of hydrogen-bond donors (Lipinski definition) is 1. The second-order valence-electron chi connectivity index (χ2n) is 4.11. The fraction of sp³-hybridized carbons (Fsp3) is 0.0769. The van der Waals surface area contributed by atoms with E-state index in [1.807, 2.05) is 0 Å². The number of amides is 1. The zero-order valence-corrected chi connectivity index (χ0v) is 12.3. The van der Waals surface area contributed by atoms with Crippen LogP contribution in [0.4, 0.5) is 10.1 Å². The van der Waals surface area contributed by atoms with Gasteiger partial charge < -0.3 is 5.32 Å². The lowest BCUT2D eigenvalue weighted by Crippen LogP contribution is -2.17. The van der Waals surface area contributed by atoms with Gasteiger partial charge in [-0.25, -0.2) is 0 Å². The van der Waals surface area contributed by atoms with Crippen molar-refractivity contribution in [2.24, 2.45) is 0 Å². The zero-order valence-electron chi connectivity index (χ0n) is 10.7. The number of hydrogen-bond acceptors (Lipinski definition) is 3. The van der Waals surface area contributed by atoms with E-state index < -0.39 is 4.80 Å². The van der Waals surface area contributed by atoms with Crippen LogP contribution in [0.15, 0.2) is 47.5 Å². The maximum atomic E-state index is 13.3. The van der Waals surface area contributed by atoms with E-state index in [9.17, 15) is 9.18 Å². The van der Waals surface area contributed by atoms with Gasteiger partial charge in [0.25, 0.3) is 5.91 Å². The largest absolute Gasteiger partial charge is 0.321 e. The van der Waals surface area contributed by atoms with Crippen molar-refractivity contribution in [3.63, 3.8) is 0 Å². The number of alkyl halides is 1. The average molecular weight is 316 g/mol. The summed E-state index contributed by atoms with van der Waals surface area (Å²) in [5, 5.41) is 2.92. The van der Waals surface area contributed by atoms with Gasteiger partial charge in [0.05, 0.1) is 9.82 Å². The molecule has 3 nitrogen and oxygen atoms in total. The number of carbonyl (C=O) groups excluding carboxylic acids is 1. The Morgan fingerprint density at radius 1 is 1.33 bits per heavy atom. The minimum atomic E-state index is -2.45. The number of carbonyl (C=O) groups is 1. The van der Waals surface area contributed by atoms with Crippen LogP contribution in [0.5, 0.6) is 0 Å². The molecule has 0 aliphatic heterocycles. The molecule has 2 aromatic rings. The lowest BCUT2D eigenvalue weighted by molar-refractivity contribution is 0.102. The van der Waals surface area contributed by atoms with Crippen LogP contribution < -0.4 is 5.32 Å². The molecule has 0 spiro atoms. The highest BCUT2D eigenvalue weighted by atomic mass is 35.5. The molecule has 0 fully saturated rings. The van der Waals surface area contributed by atoms with Crippen LogP contribution in [0, 0.1) is 0 Å². The lowest BCUT2D eigenvalue weighted by Gasteiger charge is -2.16. The Balaban J connectivity index is 2.18. The molecule has 0 aliphatic carbocycles. The van der Waals surface area contributed by atoms with E-state index in [0.29, 0.717) is 22.3 Å². The second kappa shape index (κ2) is 6.54. The summed E-state index contributed by atoms with van der Waals surface area (Å²) in [6, 6.07) is 9.57. The number of benzene rings is 1. The number of aromatic nitrogens is 1. The summed E-state index contributed by atoms with van der Waals surface area (Å²) in [4.78, 5) is 13.8. The molecule has 1 N–H and O–H groups in total. The van der Waals surface area contributed by atoms with Crippen LogP contribution >= 0.6 is 23.4 Å². The van der Waals surface area contributed by atoms with Gasteiger partial charge in [-0.05, 0) is 30.3 Å². The highest BCUT2D eigenvalue weighted by molar-refractivity contribution is 8.03. The van der Waals surface area contributed by atoms with Gasteiger partial charge in [-0.15, -0.1) is 11.8 Å². The van der Waals surface area contributed by atoms with E-state index in [1.165, 1.54) is 18.3 Å². The summed E-state index contributed by atoms with van der Waals surface area (Å²) in [7, 11) is 10.2. The fourth-order valence-corrected chi connectivity index (χ4v) is 2.44. The Labute approximate surface area is 133 Å². The summed E-state index contributed by atoms with van der Waals surface area (Å²) in [5.41, 5.74) is 0.695. The first-order valence-corrected chi connectivity index (χ1v) is 7.02. The SMILES string of the molecule is [B]C([B])(F)Sc1cc(NC(=O)c2ccccn2)ccc1Cl. The fourth-order valence-electron chi connectivity index (χ4n) is 1.52. The Morgan fingerprint density at radius 2 is 2.10 bits per heavy atom. The quantitative estimate of drug-likeness (QED) is 0.696. The molecule has 0 unspecified atom stereocenters. The maximum Gasteiger partial charge on any atom is 0.274 e. The van der Waals surface area contributed by atoms with Crippen LogP contribution in [0.3, 0.4) is 0 Å². The standard InChI is InChI=1S/C13H8B2ClFN2OS/c14-13(15,17)21-11-7-8(4-5-9(11)16)19-12(20)10-3-1-2-6-18-10/h1-7H,(H,19,20). The van der Waals surface area contributed by atoms with Crippen LogP contribution in [-0.2, 0) is 0 Å². The molecule has 1 heterocycles. The van der Waals surface area contributed by atoms with E-state index in [4.69, 9.17) is 27.3 Å². The topological polar surface area (TPSA) is 42.0 Å². The van der Waals surface area contributed by atoms with Crippen molar-refractivity contribution in [2.75, 3.05) is 5.32 Å². The summed E-state index contributed by atoms with van der Waals surface area (Å²) in [6.45, 7) is 0. The monoisotopic (exact) mass is 316 g/mol. The molecule has 1 amide bonds. The van der Waals surface area contributed by atoms with Crippen molar-refractivity contribution in [1.82, 2.24) is 4.98 Å². The molecule has 102 valence electrons. The average Bonchev–Trinajstić information content (AvgIpc) is 2.42. The van der Waals surface area contributed by atoms with Crippen LogP contribution in [0.25, 0.3) is 0 Å². The highest BCUT2D eigenvalue weighted by Crippen LogP contribution is 2.36. The molecule has 0 saturated heterocycles. The molecule has 8 heteroatoms. The van der Waals surface area contributed by atoms with Crippen molar-refractivity contribution in [3.8, 4) is 0 Å². The Kier molecular flexibility index (Phi) is 4.96. The third-order valence-corrected chi connectivity index (χ3v) is 3.67. The Bertz CT molecular complexity index is 652. The molecule has 1 aromatic heterocycles. The number of pyridine rings is 1. The Hall–Kier alpha value is -1.46. The van der Waals surface area contributed by atoms with E-state index >= 15 is 0 Å². The third-order valence-electron chi connectivity index (χ3n) is 2.35. The first-order valence-electron chi connectivity index (χ1n) is 5.83. The molecule has 4 radical (unpaired) electrons. The molecule has 1 aromatic carbocycles. The van der Waals surface area contributed by atoms with Crippen LogP contribution in [-0.4, -0.2) is 31.4 Å². The number of thioether (sulfide) groups is 1. The molecule has 0 aliphatic rings.